The van der Waals surface area contributed by atoms with E-state index >= 15 is 0 Å². The highest BCUT2D eigenvalue weighted by molar-refractivity contribution is 6.30. The summed E-state index contributed by atoms with van der Waals surface area (Å²) in [5.41, 5.74) is 3.31. The van der Waals surface area contributed by atoms with Crippen molar-refractivity contribution in [2.45, 2.75) is 32.1 Å². The van der Waals surface area contributed by atoms with Crippen LogP contribution in [0.1, 0.15) is 41.6 Å². The second-order valence-electron chi connectivity index (χ2n) is 8.30. The van der Waals surface area contributed by atoms with E-state index < -0.39 is 0 Å². The lowest BCUT2D eigenvalue weighted by molar-refractivity contribution is 0.0964. The molecule has 160 valence electrons. The second kappa shape index (κ2) is 10.5. The van der Waals surface area contributed by atoms with Crippen LogP contribution in [-0.2, 0) is 13.5 Å². The number of Topliss-reactive ketones (excluding diaryl/α,β-unsaturated/α-hetero) is 1. The van der Waals surface area contributed by atoms with Gasteiger partial charge in [-0.2, -0.15) is 0 Å². The molecule has 1 fully saturated rings. The van der Waals surface area contributed by atoms with Crippen molar-refractivity contribution >= 4 is 40.7 Å². The topological polar surface area (TPSA) is 25.2 Å². The van der Waals surface area contributed by atoms with Crippen molar-refractivity contribution in [3.05, 3.63) is 70.9 Å². The molecule has 0 spiro atoms. The van der Waals surface area contributed by atoms with Crippen molar-refractivity contribution in [1.82, 2.24) is 9.47 Å². The summed E-state index contributed by atoms with van der Waals surface area (Å²) in [6, 6.07) is 16.3. The monoisotopic (exact) mass is 444 g/mol. The van der Waals surface area contributed by atoms with Gasteiger partial charge in [0.2, 0.25) is 0 Å². The van der Waals surface area contributed by atoms with E-state index in [1.54, 1.807) is 0 Å². The van der Waals surface area contributed by atoms with E-state index in [1.807, 2.05) is 37.5 Å². The zero-order valence-electron chi connectivity index (χ0n) is 17.5. The molecule has 0 atom stereocenters. The van der Waals surface area contributed by atoms with Crippen LogP contribution in [-0.4, -0.2) is 34.9 Å². The number of benzene rings is 2. The Balaban J connectivity index is 0.00000256. The quantitative estimate of drug-likeness (QED) is 0.407. The summed E-state index contributed by atoms with van der Waals surface area (Å²) < 4.78 is 2.06. The molecular formula is C25H30Cl2N2O. The Kier molecular flexibility index (Phi) is 7.99. The molecule has 1 saturated heterocycles. The molecule has 3 aromatic rings. The molecule has 0 aliphatic carbocycles. The van der Waals surface area contributed by atoms with Crippen molar-refractivity contribution in [1.29, 1.82) is 0 Å². The number of para-hydroxylation sites is 1. The van der Waals surface area contributed by atoms with Crippen molar-refractivity contribution in [2.24, 2.45) is 13.0 Å². The van der Waals surface area contributed by atoms with Crippen LogP contribution >= 0.6 is 24.0 Å². The normalized spacial score (nSPS) is 15.3. The van der Waals surface area contributed by atoms with Crippen LogP contribution in [0.4, 0.5) is 0 Å². The van der Waals surface area contributed by atoms with E-state index in [0.29, 0.717) is 12.3 Å². The Hall–Kier alpha value is -1.81. The zero-order chi connectivity index (χ0) is 20.2. The number of aromatic nitrogens is 1. The van der Waals surface area contributed by atoms with Gasteiger partial charge in [-0.05, 0) is 68.5 Å². The lowest BCUT2D eigenvalue weighted by atomic mass is 9.90. The van der Waals surface area contributed by atoms with Crippen molar-refractivity contribution < 1.29 is 4.79 Å². The third kappa shape index (κ3) is 5.46. The largest absolute Gasteiger partial charge is 0.350 e. The van der Waals surface area contributed by atoms with Gasteiger partial charge in [0.05, 0.1) is 0 Å². The number of piperidine rings is 1. The van der Waals surface area contributed by atoms with Crippen LogP contribution in [0.2, 0.25) is 5.02 Å². The predicted octanol–water partition coefficient (Wildman–Crippen LogP) is 6.17. The number of nitrogens with zero attached hydrogens (tertiary/aromatic N) is 2. The van der Waals surface area contributed by atoms with Gasteiger partial charge in [-0.25, -0.2) is 0 Å². The second-order valence-corrected chi connectivity index (χ2v) is 8.73. The van der Waals surface area contributed by atoms with Crippen LogP contribution in [0.3, 0.4) is 0 Å². The first-order chi connectivity index (χ1) is 14.1. The molecule has 0 radical (unpaired) electrons. The summed E-state index contributed by atoms with van der Waals surface area (Å²) in [6.45, 7) is 3.35. The Morgan fingerprint density at radius 2 is 1.87 bits per heavy atom. The minimum Gasteiger partial charge on any atom is -0.350 e. The van der Waals surface area contributed by atoms with Gasteiger partial charge in [0.15, 0.2) is 5.78 Å². The Morgan fingerprint density at radius 3 is 2.63 bits per heavy atom. The van der Waals surface area contributed by atoms with Gasteiger partial charge in [-0.1, -0.05) is 41.9 Å². The summed E-state index contributed by atoms with van der Waals surface area (Å²) in [7, 11) is 2.01. The number of likely N-dealkylation sites (tertiary alicyclic amines) is 1. The van der Waals surface area contributed by atoms with Crippen molar-refractivity contribution in [2.75, 3.05) is 19.6 Å². The molecule has 0 saturated carbocycles. The molecule has 3 nitrogen and oxygen atoms in total. The maximum absolute atomic E-state index is 12.8. The minimum absolute atomic E-state index is 0. The lowest BCUT2D eigenvalue weighted by Crippen LogP contribution is -2.35. The first-order valence-electron chi connectivity index (χ1n) is 10.6. The van der Waals surface area contributed by atoms with Crippen molar-refractivity contribution in [3.8, 4) is 0 Å². The molecule has 2 aromatic carbocycles. The first-order valence-corrected chi connectivity index (χ1v) is 11.0. The van der Waals surface area contributed by atoms with Crippen LogP contribution in [0.5, 0.6) is 0 Å². The number of fused-ring (bicyclic) bond motifs is 1. The van der Waals surface area contributed by atoms with E-state index in [-0.39, 0.29) is 18.2 Å². The van der Waals surface area contributed by atoms with E-state index in [9.17, 15) is 4.79 Å². The average Bonchev–Trinajstić information content (AvgIpc) is 3.08. The van der Waals surface area contributed by atoms with Crippen LogP contribution in [0, 0.1) is 5.92 Å². The fraction of sp³-hybridized carbons (Fsp3) is 0.400. The van der Waals surface area contributed by atoms with Gasteiger partial charge in [0.25, 0.3) is 0 Å². The van der Waals surface area contributed by atoms with Gasteiger partial charge in [-0.3, -0.25) is 4.79 Å². The fourth-order valence-corrected chi connectivity index (χ4v) is 4.73. The van der Waals surface area contributed by atoms with Crippen LogP contribution < -0.4 is 0 Å². The smallest absolute Gasteiger partial charge is 0.165 e. The summed E-state index contributed by atoms with van der Waals surface area (Å²) in [4.78, 5) is 15.4. The zero-order valence-corrected chi connectivity index (χ0v) is 19.1. The number of ketones is 1. The predicted molar refractivity (Wildman–Crippen MR) is 128 cm³/mol. The third-order valence-corrected chi connectivity index (χ3v) is 6.52. The number of aryl methyl sites for hydroxylation is 1. The highest BCUT2D eigenvalue weighted by Gasteiger charge is 2.21. The summed E-state index contributed by atoms with van der Waals surface area (Å²) in [6.07, 6.45) is 7.08. The highest BCUT2D eigenvalue weighted by Crippen LogP contribution is 2.26. The molecule has 1 aliphatic heterocycles. The number of hydrogen-bond acceptors (Lipinski definition) is 2. The number of carbonyl (C=O) groups is 1. The molecule has 0 N–H and O–H groups in total. The Morgan fingerprint density at radius 1 is 1.10 bits per heavy atom. The molecule has 30 heavy (non-hydrogen) atoms. The van der Waals surface area contributed by atoms with Crippen LogP contribution in [0.25, 0.3) is 10.9 Å². The summed E-state index contributed by atoms with van der Waals surface area (Å²) in [5, 5.41) is 1.90. The van der Waals surface area contributed by atoms with E-state index in [1.165, 1.54) is 18.4 Å². The number of halogens is 2. The molecule has 5 heteroatoms. The third-order valence-electron chi connectivity index (χ3n) is 6.29. The molecule has 2 heterocycles. The van der Waals surface area contributed by atoms with Crippen molar-refractivity contribution in [3.63, 3.8) is 0 Å². The van der Waals surface area contributed by atoms with E-state index in [2.05, 4.69) is 33.7 Å². The number of hydrogen-bond donors (Lipinski definition) is 0. The van der Waals surface area contributed by atoms with Gasteiger partial charge >= 0.3 is 0 Å². The average molecular weight is 445 g/mol. The molecule has 1 aromatic heterocycles. The molecule has 0 amide bonds. The number of carbonyl (C=O) groups excluding carboxylic acids is 1. The summed E-state index contributed by atoms with van der Waals surface area (Å²) in [5.74, 6) is 0.946. The fourth-order valence-electron chi connectivity index (χ4n) is 4.51. The van der Waals surface area contributed by atoms with Gasteiger partial charge in [0, 0.05) is 47.7 Å². The molecule has 0 bridgehead atoms. The molecule has 1 aliphatic rings. The molecule has 4 rings (SSSR count). The lowest BCUT2D eigenvalue weighted by Gasteiger charge is -2.32. The maximum atomic E-state index is 12.8. The van der Waals surface area contributed by atoms with E-state index in [0.717, 1.165) is 54.0 Å². The van der Waals surface area contributed by atoms with Gasteiger partial charge in [0.1, 0.15) is 0 Å². The standard InChI is InChI=1S/C25H29ClN2O.ClH/c1-27-18-23(22-7-2-3-8-24(22)27)25(29)10-9-19-11-14-28(15-12-19)16-13-20-5-4-6-21(26)17-20;/h2-8,17-19H,9-16H2,1H3;1H. The molecule has 0 unspecified atom stereocenters. The number of rotatable bonds is 7. The Bertz CT molecular complexity index is 990. The van der Waals surface area contributed by atoms with E-state index in [4.69, 9.17) is 11.6 Å². The van der Waals surface area contributed by atoms with Crippen LogP contribution in [0.15, 0.2) is 54.7 Å². The molecular weight excluding hydrogens is 415 g/mol. The first kappa shape index (κ1) is 22.9. The van der Waals surface area contributed by atoms with Gasteiger partial charge < -0.3 is 9.47 Å². The minimum atomic E-state index is 0. The highest BCUT2D eigenvalue weighted by atomic mass is 35.5. The van der Waals surface area contributed by atoms with Gasteiger partial charge in [-0.15, -0.1) is 12.4 Å². The SMILES string of the molecule is Cl.Cn1cc(C(=O)CCC2CCN(CCc3cccc(Cl)c3)CC2)c2ccccc21. The summed E-state index contributed by atoms with van der Waals surface area (Å²) >= 11 is 6.08. The maximum Gasteiger partial charge on any atom is 0.165 e. The Labute approximate surface area is 190 Å².